The number of fused-ring (bicyclic) bond motifs is 1. The maximum atomic E-state index is 11.9. The second-order valence-electron chi connectivity index (χ2n) is 4.49. The van der Waals surface area contributed by atoms with Crippen molar-refractivity contribution in [2.45, 2.75) is 0 Å². The van der Waals surface area contributed by atoms with Crippen LogP contribution in [0.3, 0.4) is 0 Å². The number of phenolic OH excluding ortho intramolecular Hbond substituents is 1. The molecule has 0 aliphatic heterocycles. The van der Waals surface area contributed by atoms with E-state index in [1.165, 1.54) is 0 Å². The normalized spacial score (nSPS) is 10.7. The molecule has 0 saturated carbocycles. The van der Waals surface area contributed by atoms with Crippen LogP contribution in [0, 0.1) is 0 Å². The van der Waals surface area contributed by atoms with Gasteiger partial charge in [0, 0.05) is 7.11 Å². The Morgan fingerprint density at radius 3 is 2.52 bits per heavy atom. The lowest BCUT2D eigenvalue weighted by Gasteiger charge is -2.07. The first-order valence-corrected chi connectivity index (χ1v) is 6.67. The summed E-state index contributed by atoms with van der Waals surface area (Å²) in [5.74, 6) is -0.189. The Morgan fingerprint density at radius 1 is 1.00 bits per heavy atom. The zero-order valence-electron chi connectivity index (χ0n) is 11.9. The molecule has 5 nitrogen and oxygen atoms in total. The average Bonchev–Trinajstić information content (AvgIpc) is 2.50. The number of benzene rings is 2. The molecule has 2 rings (SSSR count). The molecule has 0 bridgehead atoms. The van der Waals surface area contributed by atoms with Crippen molar-refractivity contribution in [1.82, 2.24) is 0 Å². The maximum absolute atomic E-state index is 11.9. The van der Waals surface area contributed by atoms with Gasteiger partial charge >= 0.3 is 5.97 Å². The molecule has 0 aliphatic carbocycles. The first kappa shape index (κ1) is 15.3. The molecule has 0 unspecified atom stereocenters. The first-order valence-electron chi connectivity index (χ1n) is 6.67. The molecule has 0 fully saturated rings. The number of esters is 1. The molecule has 0 heterocycles. The summed E-state index contributed by atoms with van der Waals surface area (Å²) in [5, 5.41) is 11.1. The fourth-order valence-electron chi connectivity index (χ4n) is 1.88. The van der Waals surface area contributed by atoms with Crippen molar-refractivity contribution >= 4 is 16.7 Å². The molecule has 2 aromatic carbocycles. The van der Waals surface area contributed by atoms with Gasteiger partial charge in [-0.3, -0.25) is 0 Å². The summed E-state index contributed by atoms with van der Waals surface area (Å²) in [6.07, 6.45) is 0. The Morgan fingerprint density at radius 2 is 1.71 bits per heavy atom. The van der Waals surface area contributed by atoms with Gasteiger partial charge in [0.2, 0.25) is 0 Å². The summed E-state index contributed by atoms with van der Waals surface area (Å²) in [7, 11) is 1.60. The third kappa shape index (κ3) is 4.44. The summed E-state index contributed by atoms with van der Waals surface area (Å²) in [4.78, 5) is 11.9. The van der Waals surface area contributed by atoms with Crippen molar-refractivity contribution in [3.63, 3.8) is 0 Å². The molecule has 0 atom stereocenters. The average molecular weight is 290 g/mol. The van der Waals surface area contributed by atoms with E-state index in [4.69, 9.17) is 14.2 Å². The van der Waals surface area contributed by atoms with Gasteiger partial charge in [0.05, 0.1) is 25.4 Å². The van der Waals surface area contributed by atoms with E-state index in [9.17, 15) is 9.90 Å². The molecule has 21 heavy (non-hydrogen) atoms. The summed E-state index contributed by atoms with van der Waals surface area (Å²) < 4.78 is 15.2. The molecule has 2 aromatic rings. The van der Waals surface area contributed by atoms with Crippen LogP contribution in [-0.2, 0) is 14.2 Å². The zero-order chi connectivity index (χ0) is 15.1. The smallest absolute Gasteiger partial charge is 0.338 e. The Hall–Kier alpha value is -2.11. The third-order valence-electron chi connectivity index (χ3n) is 2.95. The van der Waals surface area contributed by atoms with Gasteiger partial charge in [-0.1, -0.05) is 12.1 Å². The van der Waals surface area contributed by atoms with Crippen LogP contribution in [0.25, 0.3) is 10.8 Å². The van der Waals surface area contributed by atoms with Crippen LogP contribution in [0.2, 0.25) is 0 Å². The standard InChI is InChI=1S/C16H18O5/c1-19-6-7-20-8-9-21-16(18)14-3-2-13-11-15(17)5-4-12(13)10-14/h2-5,10-11,17H,6-9H2,1H3. The monoisotopic (exact) mass is 290 g/mol. The second-order valence-corrected chi connectivity index (χ2v) is 4.49. The predicted molar refractivity (Wildman–Crippen MR) is 78.6 cm³/mol. The summed E-state index contributed by atoms with van der Waals surface area (Å²) >= 11 is 0. The number of hydrogen-bond donors (Lipinski definition) is 1. The Bertz CT molecular complexity index is 609. The number of methoxy groups -OCH3 is 1. The van der Waals surface area contributed by atoms with Crippen LogP contribution in [0.1, 0.15) is 10.4 Å². The number of hydrogen-bond acceptors (Lipinski definition) is 5. The van der Waals surface area contributed by atoms with Gasteiger partial charge in [-0.05, 0) is 35.0 Å². The minimum Gasteiger partial charge on any atom is -0.508 e. The van der Waals surface area contributed by atoms with E-state index in [1.54, 1.807) is 43.5 Å². The molecule has 0 radical (unpaired) electrons. The van der Waals surface area contributed by atoms with Gasteiger partial charge in [-0.15, -0.1) is 0 Å². The minimum atomic E-state index is -0.389. The molecule has 0 spiro atoms. The van der Waals surface area contributed by atoms with Crippen molar-refractivity contribution < 1.29 is 24.1 Å². The highest BCUT2D eigenvalue weighted by molar-refractivity contribution is 5.95. The van der Waals surface area contributed by atoms with Crippen LogP contribution in [0.4, 0.5) is 0 Å². The van der Waals surface area contributed by atoms with Crippen LogP contribution in [-0.4, -0.2) is 44.6 Å². The van der Waals surface area contributed by atoms with Crippen LogP contribution >= 0.6 is 0 Å². The van der Waals surface area contributed by atoms with E-state index in [1.807, 2.05) is 0 Å². The van der Waals surface area contributed by atoms with E-state index in [2.05, 4.69) is 0 Å². The summed E-state index contributed by atoms with van der Waals surface area (Å²) in [6.45, 7) is 1.55. The predicted octanol–water partition coefficient (Wildman–Crippen LogP) is 2.37. The fraction of sp³-hybridized carbons (Fsp3) is 0.312. The number of carbonyl (C=O) groups excluding carboxylic acids is 1. The number of rotatable bonds is 7. The van der Waals surface area contributed by atoms with Crippen LogP contribution < -0.4 is 0 Å². The molecule has 5 heteroatoms. The number of aromatic hydroxyl groups is 1. The fourth-order valence-corrected chi connectivity index (χ4v) is 1.88. The van der Waals surface area contributed by atoms with E-state index < -0.39 is 0 Å². The largest absolute Gasteiger partial charge is 0.508 e. The molecule has 112 valence electrons. The summed E-state index contributed by atoms with van der Waals surface area (Å²) in [6, 6.07) is 10.2. The Balaban J connectivity index is 1.89. The lowest BCUT2D eigenvalue weighted by Crippen LogP contribution is -2.12. The third-order valence-corrected chi connectivity index (χ3v) is 2.95. The molecule has 0 amide bonds. The molecule has 0 saturated heterocycles. The first-order chi connectivity index (χ1) is 10.2. The van der Waals surface area contributed by atoms with E-state index in [0.717, 1.165) is 10.8 Å². The topological polar surface area (TPSA) is 65.0 Å². The summed E-state index contributed by atoms with van der Waals surface area (Å²) in [5.41, 5.74) is 0.477. The van der Waals surface area contributed by atoms with Gasteiger partial charge in [0.1, 0.15) is 12.4 Å². The van der Waals surface area contributed by atoms with Gasteiger partial charge in [0.25, 0.3) is 0 Å². The molecule has 1 N–H and O–H groups in total. The molecule has 0 aromatic heterocycles. The van der Waals surface area contributed by atoms with Crippen LogP contribution in [0.5, 0.6) is 5.75 Å². The van der Waals surface area contributed by atoms with Crippen molar-refractivity contribution in [3.8, 4) is 5.75 Å². The Kier molecular flexibility index (Phi) is 5.54. The lowest BCUT2D eigenvalue weighted by molar-refractivity contribution is 0.0214. The van der Waals surface area contributed by atoms with E-state index in [0.29, 0.717) is 25.4 Å². The molecule has 0 aliphatic rings. The molecular formula is C16H18O5. The highest BCUT2D eigenvalue weighted by atomic mass is 16.6. The minimum absolute atomic E-state index is 0.200. The number of carbonyl (C=O) groups is 1. The zero-order valence-corrected chi connectivity index (χ0v) is 11.9. The Labute approximate surface area is 123 Å². The van der Waals surface area contributed by atoms with Crippen molar-refractivity contribution in [1.29, 1.82) is 0 Å². The maximum Gasteiger partial charge on any atom is 0.338 e. The highest BCUT2D eigenvalue weighted by Crippen LogP contribution is 2.21. The van der Waals surface area contributed by atoms with Crippen molar-refractivity contribution in [2.75, 3.05) is 33.5 Å². The molecular weight excluding hydrogens is 272 g/mol. The SMILES string of the molecule is COCCOCCOC(=O)c1ccc2cc(O)ccc2c1. The van der Waals surface area contributed by atoms with Gasteiger partial charge in [0.15, 0.2) is 0 Å². The highest BCUT2D eigenvalue weighted by Gasteiger charge is 2.08. The number of phenols is 1. The van der Waals surface area contributed by atoms with E-state index in [-0.39, 0.29) is 18.3 Å². The second kappa shape index (κ2) is 7.61. The van der Waals surface area contributed by atoms with E-state index >= 15 is 0 Å². The van der Waals surface area contributed by atoms with Crippen molar-refractivity contribution in [3.05, 3.63) is 42.0 Å². The van der Waals surface area contributed by atoms with Gasteiger partial charge in [-0.25, -0.2) is 4.79 Å². The van der Waals surface area contributed by atoms with Crippen LogP contribution in [0.15, 0.2) is 36.4 Å². The van der Waals surface area contributed by atoms with Gasteiger partial charge < -0.3 is 19.3 Å². The lowest BCUT2D eigenvalue weighted by atomic mass is 10.1. The van der Waals surface area contributed by atoms with Crippen molar-refractivity contribution in [2.24, 2.45) is 0 Å². The quantitative estimate of drug-likeness (QED) is 0.626. The number of ether oxygens (including phenoxy) is 3. The van der Waals surface area contributed by atoms with Gasteiger partial charge in [-0.2, -0.15) is 0 Å².